The molecule has 0 aliphatic rings. The number of aromatic nitrogens is 3. The third-order valence-electron chi connectivity index (χ3n) is 3.09. The minimum Gasteiger partial charge on any atom is -0.251 e. The van der Waals surface area contributed by atoms with Crippen molar-refractivity contribution in [3.63, 3.8) is 0 Å². The lowest BCUT2D eigenvalue weighted by Gasteiger charge is -2.09. The molecule has 0 amide bonds. The molecule has 0 spiro atoms. The highest BCUT2D eigenvalue weighted by Gasteiger charge is 2.13. The summed E-state index contributed by atoms with van der Waals surface area (Å²) in [4.78, 5) is 13.1. The Hall–Kier alpha value is -1.97. The number of hydrogen-bond donors (Lipinski definition) is 0. The first-order valence-corrected chi connectivity index (χ1v) is 7.12. The molecule has 3 rings (SSSR count). The molecule has 3 aromatic rings. The van der Waals surface area contributed by atoms with Crippen molar-refractivity contribution < 1.29 is 0 Å². The summed E-state index contributed by atoms with van der Waals surface area (Å²) in [6.45, 7) is 1.91. The number of rotatable bonds is 2. The Morgan fingerprint density at radius 2 is 1.67 bits per heavy atom. The molecule has 0 aliphatic carbocycles. The predicted molar refractivity (Wildman–Crippen MR) is 85.5 cm³/mol. The third kappa shape index (κ3) is 2.89. The van der Waals surface area contributed by atoms with E-state index < -0.39 is 0 Å². The van der Waals surface area contributed by atoms with Crippen molar-refractivity contribution in [2.24, 2.45) is 0 Å². The summed E-state index contributed by atoms with van der Waals surface area (Å²) in [6, 6.07) is 13.4. The second kappa shape index (κ2) is 5.80. The summed E-state index contributed by atoms with van der Waals surface area (Å²) in [5.41, 5.74) is 3.29. The van der Waals surface area contributed by atoms with Gasteiger partial charge in [-0.15, -0.1) is 0 Å². The van der Waals surface area contributed by atoms with Crippen molar-refractivity contribution in [1.29, 1.82) is 0 Å². The van der Waals surface area contributed by atoms with Crippen molar-refractivity contribution in [3.8, 4) is 22.8 Å². The number of hydrogen-bond acceptors (Lipinski definition) is 3. The van der Waals surface area contributed by atoms with Gasteiger partial charge in [-0.05, 0) is 19.1 Å². The van der Waals surface area contributed by atoms with Gasteiger partial charge >= 0.3 is 0 Å². The Kier molecular flexibility index (Phi) is 3.86. The van der Waals surface area contributed by atoms with Gasteiger partial charge in [0.1, 0.15) is 10.8 Å². The molecule has 0 fully saturated rings. The molecule has 0 N–H and O–H groups in total. The summed E-state index contributed by atoms with van der Waals surface area (Å²) < 4.78 is 0. The highest BCUT2D eigenvalue weighted by Crippen LogP contribution is 2.28. The number of benzene rings is 1. The van der Waals surface area contributed by atoms with Gasteiger partial charge in [0, 0.05) is 17.3 Å². The van der Waals surface area contributed by atoms with Crippen LogP contribution < -0.4 is 0 Å². The van der Waals surface area contributed by atoms with E-state index in [-0.39, 0.29) is 0 Å². The smallest absolute Gasteiger partial charge is 0.180 e. The zero-order valence-corrected chi connectivity index (χ0v) is 12.7. The first-order valence-electron chi connectivity index (χ1n) is 6.36. The molecule has 0 radical (unpaired) electrons. The van der Waals surface area contributed by atoms with Crippen molar-refractivity contribution in [3.05, 3.63) is 64.4 Å². The molecule has 1 aromatic carbocycles. The van der Waals surface area contributed by atoms with Crippen LogP contribution in [0.1, 0.15) is 5.56 Å². The van der Waals surface area contributed by atoms with E-state index in [4.69, 9.17) is 23.2 Å². The average molecular weight is 316 g/mol. The number of halogens is 2. The minimum atomic E-state index is 0.426. The van der Waals surface area contributed by atoms with Crippen LogP contribution in [0, 0.1) is 6.92 Å². The van der Waals surface area contributed by atoms with Gasteiger partial charge in [-0.3, -0.25) is 4.98 Å². The standard InChI is InChI=1S/C16H11Cl2N3/c1-10-14(11-5-3-2-4-6-11)20-16(21-15(10)18)13-8-7-12(17)9-19-13/h2-9H,1H3. The topological polar surface area (TPSA) is 38.7 Å². The summed E-state index contributed by atoms with van der Waals surface area (Å²) in [5, 5.41) is 0.996. The summed E-state index contributed by atoms with van der Waals surface area (Å²) in [5.74, 6) is 0.487. The largest absolute Gasteiger partial charge is 0.251 e. The maximum atomic E-state index is 6.25. The summed E-state index contributed by atoms with van der Waals surface area (Å²) in [6.07, 6.45) is 1.57. The highest BCUT2D eigenvalue weighted by atomic mass is 35.5. The van der Waals surface area contributed by atoms with E-state index in [9.17, 15) is 0 Å². The van der Waals surface area contributed by atoms with Crippen LogP contribution in [0.4, 0.5) is 0 Å². The molecule has 21 heavy (non-hydrogen) atoms. The van der Waals surface area contributed by atoms with E-state index in [0.29, 0.717) is 21.7 Å². The molecule has 3 nitrogen and oxygen atoms in total. The second-order valence-corrected chi connectivity index (χ2v) is 5.33. The summed E-state index contributed by atoms with van der Waals surface area (Å²) >= 11 is 12.1. The SMILES string of the molecule is Cc1c(Cl)nc(-c2ccc(Cl)cn2)nc1-c1ccccc1. The van der Waals surface area contributed by atoms with Crippen LogP contribution in [-0.4, -0.2) is 15.0 Å². The second-order valence-electron chi connectivity index (χ2n) is 4.54. The minimum absolute atomic E-state index is 0.426. The third-order valence-corrected chi connectivity index (χ3v) is 3.68. The molecule has 0 bridgehead atoms. The zero-order chi connectivity index (χ0) is 14.8. The van der Waals surface area contributed by atoms with E-state index in [1.165, 1.54) is 0 Å². The lowest BCUT2D eigenvalue weighted by molar-refractivity contribution is 1.12. The Morgan fingerprint density at radius 3 is 2.33 bits per heavy atom. The van der Waals surface area contributed by atoms with Gasteiger partial charge in [-0.2, -0.15) is 0 Å². The molecule has 0 unspecified atom stereocenters. The molecule has 2 heterocycles. The molecular formula is C16H11Cl2N3. The Bertz CT molecular complexity index is 772. The van der Waals surface area contributed by atoms with Gasteiger partial charge in [-0.1, -0.05) is 53.5 Å². The number of nitrogens with zero attached hydrogens (tertiary/aromatic N) is 3. The lowest BCUT2D eigenvalue weighted by Crippen LogP contribution is -1.98. The van der Waals surface area contributed by atoms with Crippen LogP contribution in [0.5, 0.6) is 0 Å². The van der Waals surface area contributed by atoms with Crippen LogP contribution in [-0.2, 0) is 0 Å². The van der Waals surface area contributed by atoms with Gasteiger partial charge < -0.3 is 0 Å². The van der Waals surface area contributed by atoms with Crippen LogP contribution in [0.15, 0.2) is 48.7 Å². The van der Waals surface area contributed by atoms with Gasteiger partial charge in [0.15, 0.2) is 5.82 Å². The Morgan fingerprint density at radius 1 is 0.905 bits per heavy atom. The molecule has 0 atom stereocenters. The first kappa shape index (κ1) is 14.0. The van der Waals surface area contributed by atoms with Crippen LogP contribution >= 0.6 is 23.2 Å². The van der Waals surface area contributed by atoms with Crippen LogP contribution in [0.25, 0.3) is 22.8 Å². The number of pyridine rings is 1. The van der Waals surface area contributed by atoms with E-state index in [2.05, 4.69) is 15.0 Å². The van der Waals surface area contributed by atoms with E-state index in [0.717, 1.165) is 16.8 Å². The van der Waals surface area contributed by atoms with Crippen molar-refractivity contribution >= 4 is 23.2 Å². The molecule has 0 saturated heterocycles. The van der Waals surface area contributed by atoms with Gasteiger partial charge in [0.25, 0.3) is 0 Å². The lowest BCUT2D eigenvalue weighted by atomic mass is 10.1. The Labute approximate surface area is 132 Å². The quantitative estimate of drug-likeness (QED) is 0.636. The maximum absolute atomic E-state index is 6.25. The van der Waals surface area contributed by atoms with E-state index in [1.54, 1.807) is 18.3 Å². The maximum Gasteiger partial charge on any atom is 0.180 e. The van der Waals surface area contributed by atoms with Crippen LogP contribution in [0.3, 0.4) is 0 Å². The monoisotopic (exact) mass is 315 g/mol. The van der Waals surface area contributed by atoms with Crippen molar-refractivity contribution in [2.75, 3.05) is 0 Å². The molecule has 0 saturated carbocycles. The first-order chi connectivity index (χ1) is 10.1. The van der Waals surface area contributed by atoms with Crippen molar-refractivity contribution in [2.45, 2.75) is 6.92 Å². The summed E-state index contributed by atoms with van der Waals surface area (Å²) in [7, 11) is 0. The average Bonchev–Trinajstić information content (AvgIpc) is 2.51. The van der Waals surface area contributed by atoms with Crippen molar-refractivity contribution in [1.82, 2.24) is 15.0 Å². The fraction of sp³-hybridized carbons (Fsp3) is 0.0625. The van der Waals surface area contributed by atoms with Gasteiger partial charge in [0.2, 0.25) is 0 Å². The molecule has 0 aliphatic heterocycles. The molecule has 5 heteroatoms. The van der Waals surface area contributed by atoms with Gasteiger partial charge in [-0.25, -0.2) is 9.97 Å². The fourth-order valence-electron chi connectivity index (χ4n) is 1.99. The molecular weight excluding hydrogens is 305 g/mol. The molecule has 2 aromatic heterocycles. The Balaban J connectivity index is 2.16. The molecule has 104 valence electrons. The van der Waals surface area contributed by atoms with E-state index in [1.807, 2.05) is 37.3 Å². The van der Waals surface area contributed by atoms with E-state index >= 15 is 0 Å². The predicted octanol–water partition coefficient (Wildman–Crippen LogP) is 4.82. The highest BCUT2D eigenvalue weighted by molar-refractivity contribution is 6.30. The normalized spacial score (nSPS) is 10.6. The zero-order valence-electron chi connectivity index (χ0n) is 11.2. The van der Waals surface area contributed by atoms with Gasteiger partial charge in [0.05, 0.1) is 10.7 Å². The van der Waals surface area contributed by atoms with Crippen LogP contribution in [0.2, 0.25) is 10.2 Å². The fourth-order valence-corrected chi connectivity index (χ4v) is 2.27.